The van der Waals surface area contributed by atoms with Crippen molar-refractivity contribution in [2.24, 2.45) is 0 Å². The summed E-state index contributed by atoms with van der Waals surface area (Å²) in [5, 5.41) is 4.11. The highest BCUT2D eigenvalue weighted by molar-refractivity contribution is 5.94. The van der Waals surface area contributed by atoms with Gasteiger partial charge in [0.2, 0.25) is 0 Å². The molecule has 0 aliphatic heterocycles. The molecule has 128 valence electrons. The van der Waals surface area contributed by atoms with Gasteiger partial charge in [-0.2, -0.15) is 5.10 Å². The molecule has 25 heavy (non-hydrogen) atoms. The summed E-state index contributed by atoms with van der Waals surface area (Å²) in [7, 11) is 3.41. The topological polar surface area (TPSA) is 60.2 Å². The second-order valence-electron chi connectivity index (χ2n) is 5.75. The fourth-order valence-electron chi connectivity index (χ4n) is 2.58. The first-order chi connectivity index (χ1) is 12.1. The van der Waals surface area contributed by atoms with E-state index in [1.165, 1.54) is 6.33 Å². The van der Waals surface area contributed by atoms with Crippen molar-refractivity contribution in [1.82, 2.24) is 19.7 Å². The Bertz CT molecular complexity index is 827. The Morgan fingerprint density at radius 2 is 1.80 bits per heavy atom. The number of hydrogen-bond acceptors (Lipinski definition) is 4. The molecule has 0 unspecified atom stereocenters. The molecule has 0 N–H and O–H groups in total. The van der Waals surface area contributed by atoms with E-state index in [2.05, 4.69) is 10.1 Å². The van der Waals surface area contributed by atoms with Gasteiger partial charge in [-0.3, -0.25) is 4.79 Å². The van der Waals surface area contributed by atoms with Crippen LogP contribution in [0.15, 0.2) is 61.2 Å². The number of benzene rings is 2. The van der Waals surface area contributed by atoms with E-state index in [1.54, 1.807) is 47.3 Å². The monoisotopic (exact) mass is 336 g/mol. The van der Waals surface area contributed by atoms with Gasteiger partial charge in [-0.1, -0.05) is 12.1 Å². The molecule has 0 aliphatic carbocycles. The van der Waals surface area contributed by atoms with Gasteiger partial charge in [-0.25, -0.2) is 9.67 Å². The summed E-state index contributed by atoms with van der Waals surface area (Å²) in [6.45, 7) is 2.01. The number of carbonyl (C=O) groups is 1. The molecule has 0 bridgehead atoms. The van der Waals surface area contributed by atoms with Gasteiger partial charge in [0, 0.05) is 12.6 Å². The van der Waals surface area contributed by atoms with Crippen molar-refractivity contribution in [2.75, 3.05) is 14.2 Å². The molecule has 1 atom stereocenters. The molecule has 1 amide bonds. The minimum absolute atomic E-state index is 0.0319. The number of rotatable bonds is 5. The third-order valence-electron chi connectivity index (χ3n) is 4.30. The van der Waals surface area contributed by atoms with Crippen LogP contribution in [-0.2, 0) is 0 Å². The van der Waals surface area contributed by atoms with Crippen molar-refractivity contribution < 1.29 is 9.53 Å². The zero-order chi connectivity index (χ0) is 17.8. The minimum Gasteiger partial charge on any atom is -0.497 e. The van der Waals surface area contributed by atoms with Crippen molar-refractivity contribution >= 4 is 5.91 Å². The molecule has 0 radical (unpaired) electrons. The molecule has 2 aromatic carbocycles. The third-order valence-corrected chi connectivity index (χ3v) is 4.30. The Balaban J connectivity index is 1.74. The predicted octanol–water partition coefficient (Wildman–Crippen LogP) is 3.11. The van der Waals surface area contributed by atoms with E-state index in [-0.39, 0.29) is 11.9 Å². The molecular formula is C19H20N4O2. The molecule has 0 saturated carbocycles. The molecule has 1 aromatic heterocycles. The van der Waals surface area contributed by atoms with Crippen LogP contribution in [0.25, 0.3) is 5.69 Å². The summed E-state index contributed by atoms with van der Waals surface area (Å²) in [5.41, 5.74) is 2.61. The second kappa shape index (κ2) is 7.17. The first kappa shape index (κ1) is 16.7. The number of ether oxygens (including phenoxy) is 1. The number of carbonyl (C=O) groups excluding carboxylic acids is 1. The van der Waals surface area contributed by atoms with E-state index in [0.29, 0.717) is 5.56 Å². The average Bonchev–Trinajstić information content (AvgIpc) is 3.21. The van der Waals surface area contributed by atoms with E-state index in [0.717, 1.165) is 17.0 Å². The van der Waals surface area contributed by atoms with E-state index in [4.69, 9.17) is 4.74 Å². The average molecular weight is 336 g/mol. The van der Waals surface area contributed by atoms with E-state index in [1.807, 2.05) is 38.2 Å². The second-order valence-corrected chi connectivity index (χ2v) is 5.75. The van der Waals surface area contributed by atoms with Crippen molar-refractivity contribution in [2.45, 2.75) is 13.0 Å². The Hall–Kier alpha value is -3.15. The van der Waals surface area contributed by atoms with Crippen LogP contribution in [0.4, 0.5) is 0 Å². The molecule has 0 fully saturated rings. The maximum atomic E-state index is 12.7. The van der Waals surface area contributed by atoms with E-state index >= 15 is 0 Å². The molecular weight excluding hydrogens is 316 g/mol. The lowest BCUT2D eigenvalue weighted by Gasteiger charge is -2.25. The summed E-state index contributed by atoms with van der Waals surface area (Å²) in [4.78, 5) is 18.3. The van der Waals surface area contributed by atoms with Crippen LogP contribution in [-0.4, -0.2) is 39.7 Å². The molecule has 6 nitrogen and oxygen atoms in total. The number of methoxy groups -OCH3 is 1. The molecule has 6 heteroatoms. The SMILES string of the molecule is COc1ccc(C(=O)N(C)[C@H](C)c2ccc(-n3cncn3)cc2)cc1. The van der Waals surface area contributed by atoms with E-state index in [9.17, 15) is 4.79 Å². The summed E-state index contributed by atoms with van der Waals surface area (Å²) in [6, 6.07) is 15.0. The maximum Gasteiger partial charge on any atom is 0.254 e. The van der Waals surface area contributed by atoms with Crippen molar-refractivity contribution in [1.29, 1.82) is 0 Å². The normalized spacial score (nSPS) is 11.8. The fraction of sp³-hybridized carbons (Fsp3) is 0.211. The Kier molecular flexibility index (Phi) is 4.79. The van der Waals surface area contributed by atoms with Crippen LogP contribution < -0.4 is 4.74 Å². The lowest BCUT2D eigenvalue weighted by molar-refractivity contribution is 0.0742. The van der Waals surface area contributed by atoms with Crippen LogP contribution in [0.2, 0.25) is 0 Å². The summed E-state index contributed by atoms with van der Waals surface area (Å²) >= 11 is 0. The van der Waals surface area contributed by atoms with Crippen LogP contribution >= 0.6 is 0 Å². The minimum atomic E-state index is -0.0561. The number of amides is 1. The van der Waals surface area contributed by atoms with Gasteiger partial charge in [0.15, 0.2) is 0 Å². The molecule has 0 saturated heterocycles. The number of hydrogen-bond donors (Lipinski definition) is 0. The summed E-state index contributed by atoms with van der Waals surface area (Å²) in [5.74, 6) is 0.700. The fourth-order valence-corrected chi connectivity index (χ4v) is 2.58. The van der Waals surface area contributed by atoms with Crippen LogP contribution in [0, 0.1) is 0 Å². The van der Waals surface area contributed by atoms with Crippen LogP contribution in [0.3, 0.4) is 0 Å². The highest BCUT2D eigenvalue weighted by atomic mass is 16.5. The Morgan fingerprint density at radius 3 is 2.36 bits per heavy atom. The molecule has 0 aliphatic rings. The van der Waals surface area contributed by atoms with Gasteiger partial charge in [0.1, 0.15) is 18.4 Å². The van der Waals surface area contributed by atoms with Crippen LogP contribution in [0.5, 0.6) is 5.75 Å². The third kappa shape index (κ3) is 3.52. The lowest BCUT2D eigenvalue weighted by atomic mass is 10.1. The van der Waals surface area contributed by atoms with Gasteiger partial charge in [0.05, 0.1) is 18.8 Å². The molecule has 0 spiro atoms. The molecule has 3 aromatic rings. The van der Waals surface area contributed by atoms with Gasteiger partial charge in [-0.05, 0) is 48.9 Å². The quantitative estimate of drug-likeness (QED) is 0.718. The van der Waals surface area contributed by atoms with Crippen molar-refractivity contribution in [3.8, 4) is 11.4 Å². The summed E-state index contributed by atoms with van der Waals surface area (Å²) in [6.07, 6.45) is 3.15. The standard InChI is InChI=1S/C19H20N4O2/c1-14(15-4-8-17(9-5-15)23-13-20-12-21-23)22(2)19(24)16-6-10-18(25-3)11-7-16/h4-14H,1-3H3/t14-/m1/s1. The zero-order valence-electron chi connectivity index (χ0n) is 14.5. The predicted molar refractivity (Wildman–Crippen MR) is 94.9 cm³/mol. The number of nitrogens with zero attached hydrogens (tertiary/aromatic N) is 4. The maximum absolute atomic E-state index is 12.7. The van der Waals surface area contributed by atoms with Gasteiger partial charge < -0.3 is 9.64 Å². The van der Waals surface area contributed by atoms with E-state index < -0.39 is 0 Å². The van der Waals surface area contributed by atoms with Crippen molar-refractivity contribution in [3.05, 3.63) is 72.3 Å². The first-order valence-corrected chi connectivity index (χ1v) is 7.96. The van der Waals surface area contributed by atoms with Gasteiger partial charge in [0.25, 0.3) is 5.91 Å². The Labute approximate surface area is 146 Å². The number of aromatic nitrogens is 3. The Morgan fingerprint density at radius 1 is 1.12 bits per heavy atom. The van der Waals surface area contributed by atoms with Gasteiger partial charge >= 0.3 is 0 Å². The highest BCUT2D eigenvalue weighted by Gasteiger charge is 2.19. The lowest BCUT2D eigenvalue weighted by Crippen LogP contribution is -2.29. The zero-order valence-corrected chi connectivity index (χ0v) is 14.5. The smallest absolute Gasteiger partial charge is 0.254 e. The van der Waals surface area contributed by atoms with Crippen LogP contribution in [0.1, 0.15) is 28.9 Å². The molecule has 1 heterocycles. The van der Waals surface area contributed by atoms with Crippen molar-refractivity contribution in [3.63, 3.8) is 0 Å². The summed E-state index contributed by atoms with van der Waals surface area (Å²) < 4.78 is 6.83. The van der Waals surface area contributed by atoms with Gasteiger partial charge in [-0.15, -0.1) is 0 Å². The largest absolute Gasteiger partial charge is 0.497 e. The first-order valence-electron chi connectivity index (χ1n) is 7.96. The highest BCUT2D eigenvalue weighted by Crippen LogP contribution is 2.22. The molecule has 3 rings (SSSR count).